The Balaban J connectivity index is 2.89. The number of rotatable bonds is 19. The van der Waals surface area contributed by atoms with Gasteiger partial charge in [-0.05, 0) is 61.1 Å². The van der Waals surface area contributed by atoms with Crippen molar-refractivity contribution in [3.8, 4) is 11.5 Å². The Morgan fingerprint density at radius 3 is 2.24 bits per heavy atom. The highest BCUT2D eigenvalue weighted by Gasteiger charge is 2.31. The molecule has 9 nitrogen and oxygen atoms in total. The first-order valence-corrected chi connectivity index (χ1v) is 13.8. The van der Waals surface area contributed by atoms with Crippen LogP contribution in [0, 0.1) is 23.7 Å². The lowest BCUT2D eigenvalue weighted by molar-refractivity contribution is -0.132. The summed E-state index contributed by atoms with van der Waals surface area (Å²) in [5, 5.41) is 13.7. The summed E-state index contributed by atoms with van der Waals surface area (Å²) in [6.07, 6.45) is 1.91. The summed E-state index contributed by atoms with van der Waals surface area (Å²) in [6, 6.07) is 4.72. The highest BCUT2D eigenvalue weighted by atomic mass is 16.5. The summed E-state index contributed by atoms with van der Waals surface area (Å²) in [5.41, 5.74) is 13.0. The highest BCUT2D eigenvalue weighted by molar-refractivity contribution is 5.87. The summed E-state index contributed by atoms with van der Waals surface area (Å²) in [7, 11) is 3.29. The van der Waals surface area contributed by atoms with Crippen LogP contribution in [-0.2, 0) is 20.7 Å². The molecule has 0 heterocycles. The van der Waals surface area contributed by atoms with E-state index in [1.165, 1.54) is 0 Å². The van der Waals surface area contributed by atoms with Crippen LogP contribution in [0.5, 0.6) is 11.5 Å². The second kappa shape index (κ2) is 17.3. The van der Waals surface area contributed by atoms with Crippen molar-refractivity contribution >= 4 is 11.8 Å². The number of aliphatic hydroxyl groups excluding tert-OH is 1. The molecule has 0 saturated carbocycles. The van der Waals surface area contributed by atoms with Gasteiger partial charge in [-0.3, -0.25) is 9.59 Å². The molecule has 0 aliphatic heterocycles. The number of carbonyl (C=O) groups excluding carboxylic acids is 2. The molecule has 1 rings (SSSR count). The summed E-state index contributed by atoms with van der Waals surface area (Å²) >= 11 is 0. The Morgan fingerprint density at radius 2 is 1.71 bits per heavy atom. The number of nitrogens with two attached hydrogens (primary N) is 2. The molecule has 0 aliphatic carbocycles. The van der Waals surface area contributed by atoms with E-state index in [0.717, 1.165) is 18.4 Å². The van der Waals surface area contributed by atoms with Gasteiger partial charge in [0.25, 0.3) is 0 Å². The fourth-order valence-electron chi connectivity index (χ4n) is 4.52. The van der Waals surface area contributed by atoms with E-state index in [4.69, 9.17) is 25.7 Å². The first kappa shape index (κ1) is 33.7. The number of amides is 2. The normalized spacial score (nSPS) is 15.6. The van der Waals surface area contributed by atoms with E-state index in [1.807, 2.05) is 32.0 Å². The zero-order chi connectivity index (χ0) is 28.8. The SMILES string of the molecule is CC[C@H](NC(=O)[C@@H](C[C@H](O)[C@@H](N)C[C@H](Cc1ccc(OC)c(OCCCOC)c1)C(C)C)C(C)C)C(N)=O. The molecule has 2 amide bonds. The molecule has 0 fully saturated rings. The van der Waals surface area contributed by atoms with Crippen LogP contribution in [0.4, 0.5) is 0 Å². The number of hydrogen-bond donors (Lipinski definition) is 4. The van der Waals surface area contributed by atoms with Crippen molar-refractivity contribution in [3.63, 3.8) is 0 Å². The number of ether oxygens (including phenoxy) is 3. The van der Waals surface area contributed by atoms with Gasteiger partial charge in [-0.1, -0.05) is 40.7 Å². The number of hydrogen-bond acceptors (Lipinski definition) is 7. The number of aliphatic hydroxyl groups is 1. The van der Waals surface area contributed by atoms with E-state index in [9.17, 15) is 14.7 Å². The summed E-state index contributed by atoms with van der Waals surface area (Å²) in [6.45, 7) is 11.1. The van der Waals surface area contributed by atoms with E-state index in [2.05, 4.69) is 19.2 Å². The second-order valence-corrected chi connectivity index (χ2v) is 10.8. The van der Waals surface area contributed by atoms with E-state index in [-0.39, 0.29) is 24.2 Å². The largest absolute Gasteiger partial charge is 0.493 e. The topological polar surface area (TPSA) is 146 Å². The monoisotopic (exact) mass is 537 g/mol. The average Bonchev–Trinajstić information content (AvgIpc) is 2.87. The molecule has 38 heavy (non-hydrogen) atoms. The average molecular weight is 538 g/mol. The third-order valence-electron chi connectivity index (χ3n) is 7.19. The van der Waals surface area contributed by atoms with Gasteiger partial charge in [-0.15, -0.1) is 0 Å². The molecule has 1 aromatic carbocycles. The van der Waals surface area contributed by atoms with Gasteiger partial charge >= 0.3 is 0 Å². The number of methoxy groups -OCH3 is 2. The van der Waals surface area contributed by atoms with Crippen molar-refractivity contribution in [2.24, 2.45) is 35.1 Å². The van der Waals surface area contributed by atoms with Crippen molar-refractivity contribution in [2.45, 2.75) is 84.9 Å². The Morgan fingerprint density at radius 1 is 1.03 bits per heavy atom. The molecule has 0 aromatic heterocycles. The standard InChI is InChI=1S/C29H51N3O6/c1-8-24(28(31)34)32-29(35)22(19(4)5)17-25(33)23(30)16-21(18(2)3)14-20-10-11-26(37-7)27(15-20)38-13-9-12-36-6/h10-11,15,18-19,21-25,33H,8-9,12-14,16-17,30H2,1-7H3,(H2,31,34)(H,32,35)/t21-,22-,23-,24-,25-/m0/s1. The minimum atomic E-state index is -0.862. The highest BCUT2D eigenvalue weighted by Crippen LogP contribution is 2.31. The van der Waals surface area contributed by atoms with Gasteiger partial charge in [-0.25, -0.2) is 0 Å². The predicted molar refractivity (Wildman–Crippen MR) is 150 cm³/mol. The lowest BCUT2D eigenvalue weighted by Gasteiger charge is -2.30. The molecule has 0 spiro atoms. The number of primary amides is 1. The van der Waals surface area contributed by atoms with Gasteiger partial charge in [-0.2, -0.15) is 0 Å². The first-order valence-electron chi connectivity index (χ1n) is 13.8. The van der Waals surface area contributed by atoms with Crippen LogP contribution in [0.2, 0.25) is 0 Å². The molecule has 218 valence electrons. The van der Waals surface area contributed by atoms with Crippen molar-refractivity contribution in [2.75, 3.05) is 27.4 Å². The lowest BCUT2D eigenvalue weighted by Crippen LogP contribution is -2.48. The Kier molecular flexibility index (Phi) is 15.3. The second-order valence-electron chi connectivity index (χ2n) is 10.8. The van der Waals surface area contributed by atoms with Crippen molar-refractivity contribution < 1.29 is 28.9 Å². The summed E-state index contributed by atoms with van der Waals surface area (Å²) < 4.78 is 16.5. The van der Waals surface area contributed by atoms with Crippen LogP contribution < -0.4 is 26.3 Å². The molecular weight excluding hydrogens is 486 g/mol. The van der Waals surface area contributed by atoms with E-state index >= 15 is 0 Å². The molecular formula is C29H51N3O6. The van der Waals surface area contributed by atoms with Crippen molar-refractivity contribution in [1.82, 2.24) is 5.32 Å². The maximum absolute atomic E-state index is 12.9. The molecule has 0 radical (unpaired) electrons. The van der Waals surface area contributed by atoms with Crippen LogP contribution >= 0.6 is 0 Å². The molecule has 9 heteroatoms. The summed E-state index contributed by atoms with van der Waals surface area (Å²) in [4.78, 5) is 24.5. The minimum Gasteiger partial charge on any atom is -0.493 e. The van der Waals surface area contributed by atoms with Crippen molar-refractivity contribution in [3.05, 3.63) is 23.8 Å². The van der Waals surface area contributed by atoms with Crippen LogP contribution in [0.1, 0.15) is 65.9 Å². The van der Waals surface area contributed by atoms with Gasteiger partial charge in [0.05, 0.1) is 19.8 Å². The lowest BCUT2D eigenvalue weighted by atomic mass is 9.80. The van der Waals surface area contributed by atoms with Gasteiger partial charge in [0, 0.05) is 32.1 Å². The van der Waals surface area contributed by atoms with E-state index < -0.39 is 30.0 Å². The molecule has 5 atom stereocenters. The fraction of sp³-hybridized carbons (Fsp3) is 0.724. The first-order chi connectivity index (χ1) is 17.9. The van der Waals surface area contributed by atoms with Crippen LogP contribution in [-0.4, -0.2) is 62.5 Å². The Labute approximate surface area is 229 Å². The van der Waals surface area contributed by atoms with Gasteiger partial charge in [0.15, 0.2) is 11.5 Å². The maximum Gasteiger partial charge on any atom is 0.239 e. The summed E-state index contributed by atoms with van der Waals surface area (Å²) in [5.74, 6) is 0.535. The van der Waals surface area contributed by atoms with Crippen LogP contribution in [0.25, 0.3) is 0 Å². The zero-order valence-electron chi connectivity index (χ0n) is 24.4. The van der Waals surface area contributed by atoms with Gasteiger partial charge in [0.2, 0.25) is 11.8 Å². The molecule has 0 unspecified atom stereocenters. The van der Waals surface area contributed by atoms with Crippen molar-refractivity contribution in [1.29, 1.82) is 0 Å². The third kappa shape index (κ3) is 11.2. The predicted octanol–water partition coefficient (Wildman–Crippen LogP) is 3.05. The Bertz CT molecular complexity index is 848. The zero-order valence-corrected chi connectivity index (χ0v) is 24.4. The molecule has 0 saturated heterocycles. The van der Waals surface area contributed by atoms with Gasteiger partial charge < -0.3 is 36.1 Å². The molecule has 6 N–H and O–H groups in total. The van der Waals surface area contributed by atoms with E-state index in [0.29, 0.717) is 43.5 Å². The Hall–Kier alpha value is -2.36. The quantitative estimate of drug-likeness (QED) is 0.198. The maximum atomic E-state index is 12.9. The third-order valence-corrected chi connectivity index (χ3v) is 7.19. The molecule has 1 aromatic rings. The molecule has 0 aliphatic rings. The van der Waals surface area contributed by atoms with Crippen LogP contribution in [0.15, 0.2) is 18.2 Å². The van der Waals surface area contributed by atoms with Gasteiger partial charge in [0.1, 0.15) is 6.04 Å². The smallest absolute Gasteiger partial charge is 0.239 e. The minimum absolute atomic E-state index is 0.0373. The number of carbonyl (C=O) groups is 2. The fourth-order valence-corrected chi connectivity index (χ4v) is 4.52. The van der Waals surface area contributed by atoms with Crippen LogP contribution in [0.3, 0.4) is 0 Å². The number of benzene rings is 1. The number of nitrogens with one attached hydrogen (secondary N) is 1. The molecule has 0 bridgehead atoms. The van der Waals surface area contributed by atoms with E-state index in [1.54, 1.807) is 21.1 Å².